The first kappa shape index (κ1) is 13.1. The third-order valence-corrected chi connectivity index (χ3v) is 4.16. The predicted octanol–water partition coefficient (Wildman–Crippen LogP) is 3.44. The van der Waals surface area contributed by atoms with Crippen molar-refractivity contribution < 1.29 is 4.79 Å². The molecule has 2 rings (SSSR count). The molecule has 2 heteroatoms. The quantitative estimate of drug-likeness (QED) is 0.778. The van der Waals surface area contributed by atoms with Crippen molar-refractivity contribution in [2.45, 2.75) is 45.1 Å². The molecule has 1 aromatic carbocycles. The summed E-state index contributed by atoms with van der Waals surface area (Å²) in [6.07, 6.45) is 3.18. The van der Waals surface area contributed by atoms with Gasteiger partial charge in [-0.15, -0.1) is 0 Å². The number of hydrogen-bond acceptors (Lipinski definition) is 1. The Bertz CT molecular complexity index is 397. The van der Waals surface area contributed by atoms with E-state index < -0.39 is 0 Å². The van der Waals surface area contributed by atoms with Crippen molar-refractivity contribution in [3.05, 3.63) is 35.9 Å². The number of rotatable bonds is 5. The van der Waals surface area contributed by atoms with Crippen molar-refractivity contribution in [2.24, 2.45) is 5.92 Å². The molecule has 0 saturated heterocycles. The van der Waals surface area contributed by atoms with Gasteiger partial charge >= 0.3 is 0 Å². The zero-order valence-electron chi connectivity index (χ0n) is 11.6. The van der Waals surface area contributed by atoms with Crippen LogP contribution in [0.5, 0.6) is 0 Å². The van der Waals surface area contributed by atoms with Crippen molar-refractivity contribution >= 4 is 5.91 Å². The highest BCUT2D eigenvalue weighted by Crippen LogP contribution is 2.35. The van der Waals surface area contributed by atoms with Crippen LogP contribution >= 0.6 is 0 Å². The lowest BCUT2D eigenvalue weighted by molar-refractivity contribution is -0.132. The van der Waals surface area contributed by atoms with Crippen LogP contribution in [0.1, 0.15) is 44.6 Å². The van der Waals surface area contributed by atoms with Gasteiger partial charge in [0.05, 0.1) is 0 Å². The Morgan fingerprint density at radius 1 is 1.28 bits per heavy atom. The molecule has 2 nitrogen and oxygen atoms in total. The first-order valence-corrected chi connectivity index (χ1v) is 6.90. The molecule has 1 amide bonds. The first-order valence-electron chi connectivity index (χ1n) is 6.90. The van der Waals surface area contributed by atoms with E-state index >= 15 is 0 Å². The minimum Gasteiger partial charge on any atom is -0.343 e. The molecule has 1 saturated carbocycles. The SMILES string of the molecule is C[C@H](C1CC1)N(C)C(=O)C[C@H](C)c1ccccc1. The molecule has 0 aromatic heterocycles. The summed E-state index contributed by atoms with van der Waals surface area (Å²) < 4.78 is 0. The van der Waals surface area contributed by atoms with Gasteiger partial charge in [-0.2, -0.15) is 0 Å². The maximum atomic E-state index is 12.2. The number of benzene rings is 1. The van der Waals surface area contributed by atoms with Crippen LogP contribution in [-0.4, -0.2) is 23.9 Å². The minimum atomic E-state index is 0.269. The zero-order chi connectivity index (χ0) is 13.1. The molecule has 0 radical (unpaired) electrons. The van der Waals surface area contributed by atoms with E-state index in [9.17, 15) is 4.79 Å². The predicted molar refractivity (Wildman–Crippen MR) is 74.4 cm³/mol. The molecular formula is C16H23NO. The number of amides is 1. The van der Waals surface area contributed by atoms with E-state index in [1.54, 1.807) is 0 Å². The van der Waals surface area contributed by atoms with E-state index in [1.807, 2.05) is 30.1 Å². The molecule has 2 atom stereocenters. The second-order valence-corrected chi connectivity index (χ2v) is 5.60. The lowest BCUT2D eigenvalue weighted by Gasteiger charge is -2.26. The Morgan fingerprint density at radius 3 is 2.44 bits per heavy atom. The van der Waals surface area contributed by atoms with E-state index in [2.05, 4.69) is 26.0 Å². The maximum absolute atomic E-state index is 12.2. The van der Waals surface area contributed by atoms with Crippen molar-refractivity contribution in [3.8, 4) is 0 Å². The Balaban J connectivity index is 1.90. The van der Waals surface area contributed by atoms with Crippen LogP contribution in [0.2, 0.25) is 0 Å². The van der Waals surface area contributed by atoms with Crippen LogP contribution in [-0.2, 0) is 4.79 Å². The topological polar surface area (TPSA) is 20.3 Å². The summed E-state index contributed by atoms with van der Waals surface area (Å²) in [6, 6.07) is 10.7. The van der Waals surface area contributed by atoms with Gasteiger partial charge in [-0.1, -0.05) is 37.3 Å². The van der Waals surface area contributed by atoms with Gasteiger partial charge in [0.25, 0.3) is 0 Å². The number of carbonyl (C=O) groups excluding carboxylic acids is 1. The fourth-order valence-electron chi connectivity index (χ4n) is 2.43. The van der Waals surface area contributed by atoms with Gasteiger partial charge in [-0.25, -0.2) is 0 Å². The summed E-state index contributed by atoms with van der Waals surface area (Å²) >= 11 is 0. The van der Waals surface area contributed by atoms with Crippen LogP contribution in [0, 0.1) is 5.92 Å². The first-order chi connectivity index (χ1) is 8.59. The highest BCUT2D eigenvalue weighted by molar-refractivity contribution is 5.77. The Hall–Kier alpha value is -1.31. The Kier molecular flexibility index (Phi) is 4.05. The number of nitrogens with zero attached hydrogens (tertiary/aromatic N) is 1. The van der Waals surface area contributed by atoms with Crippen LogP contribution in [0.15, 0.2) is 30.3 Å². The summed E-state index contributed by atoms with van der Waals surface area (Å²) in [5.74, 6) is 1.31. The average molecular weight is 245 g/mol. The second kappa shape index (κ2) is 5.55. The van der Waals surface area contributed by atoms with E-state index in [0.29, 0.717) is 18.4 Å². The van der Waals surface area contributed by atoms with Gasteiger partial charge in [0.2, 0.25) is 5.91 Å². The highest BCUT2D eigenvalue weighted by Gasteiger charge is 2.32. The van der Waals surface area contributed by atoms with Crippen LogP contribution in [0.25, 0.3) is 0 Å². The maximum Gasteiger partial charge on any atom is 0.223 e. The van der Waals surface area contributed by atoms with Gasteiger partial charge in [0.1, 0.15) is 0 Å². The molecule has 0 heterocycles. The third-order valence-electron chi connectivity index (χ3n) is 4.16. The van der Waals surface area contributed by atoms with Gasteiger partial charge < -0.3 is 4.90 Å². The average Bonchev–Trinajstić information content (AvgIpc) is 3.22. The Labute approximate surface area is 110 Å². The van der Waals surface area contributed by atoms with Crippen molar-refractivity contribution in [3.63, 3.8) is 0 Å². The van der Waals surface area contributed by atoms with Crippen molar-refractivity contribution in [1.29, 1.82) is 0 Å². The molecule has 0 aliphatic heterocycles. The fourth-order valence-corrected chi connectivity index (χ4v) is 2.43. The molecule has 0 N–H and O–H groups in total. The minimum absolute atomic E-state index is 0.269. The van der Waals surface area contributed by atoms with Crippen molar-refractivity contribution in [1.82, 2.24) is 4.90 Å². The molecule has 0 unspecified atom stereocenters. The van der Waals surface area contributed by atoms with Gasteiger partial charge in [0, 0.05) is 19.5 Å². The van der Waals surface area contributed by atoms with E-state index in [1.165, 1.54) is 18.4 Å². The number of hydrogen-bond donors (Lipinski definition) is 0. The lowest BCUT2D eigenvalue weighted by atomic mass is 9.97. The normalized spacial score (nSPS) is 18.2. The van der Waals surface area contributed by atoms with E-state index in [4.69, 9.17) is 0 Å². The van der Waals surface area contributed by atoms with Gasteiger partial charge in [-0.3, -0.25) is 4.79 Å². The highest BCUT2D eigenvalue weighted by atomic mass is 16.2. The van der Waals surface area contributed by atoms with Gasteiger partial charge in [-0.05, 0) is 37.2 Å². The molecule has 1 aliphatic rings. The van der Waals surface area contributed by atoms with Crippen LogP contribution in [0.4, 0.5) is 0 Å². The summed E-state index contributed by atoms with van der Waals surface area (Å²) in [6.45, 7) is 4.30. The summed E-state index contributed by atoms with van der Waals surface area (Å²) in [7, 11) is 1.95. The molecule has 1 fully saturated rings. The largest absolute Gasteiger partial charge is 0.343 e. The fraction of sp³-hybridized carbons (Fsp3) is 0.562. The molecule has 0 spiro atoms. The number of carbonyl (C=O) groups is 1. The summed E-state index contributed by atoms with van der Waals surface area (Å²) in [4.78, 5) is 14.2. The van der Waals surface area contributed by atoms with E-state index in [-0.39, 0.29) is 5.91 Å². The third kappa shape index (κ3) is 3.12. The summed E-state index contributed by atoms with van der Waals surface area (Å²) in [5.41, 5.74) is 1.25. The smallest absolute Gasteiger partial charge is 0.223 e. The van der Waals surface area contributed by atoms with Crippen LogP contribution < -0.4 is 0 Å². The molecule has 18 heavy (non-hydrogen) atoms. The van der Waals surface area contributed by atoms with Gasteiger partial charge in [0.15, 0.2) is 0 Å². The standard InChI is InChI=1S/C16H23NO/c1-12(14-7-5-4-6-8-14)11-16(18)17(3)13(2)15-9-10-15/h4-8,12-13,15H,9-11H2,1-3H3/t12-,13+/m0/s1. The molecule has 98 valence electrons. The Morgan fingerprint density at radius 2 is 1.89 bits per heavy atom. The summed E-state index contributed by atoms with van der Waals surface area (Å²) in [5, 5.41) is 0. The molecule has 1 aliphatic carbocycles. The van der Waals surface area contributed by atoms with E-state index in [0.717, 1.165) is 5.92 Å². The molecule has 1 aromatic rings. The lowest BCUT2D eigenvalue weighted by Crippen LogP contribution is -2.36. The monoisotopic (exact) mass is 245 g/mol. The molecule has 0 bridgehead atoms. The van der Waals surface area contributed by atoms with Crippen molar-refractivity contribution in [2.75, 3.05) is 7.05 Å². The molecular weight excluding hydrogens is 222 g/mol. The zero-order valence-corrected chi connectivity index (χ0v) is 11.6. The van der Waals surface area contributed by atoms with Crippen LogP contribution in [0.3, 0.4) is 0 Å². The second-order valence-electron chi connectivity index (χ2n) is 5.60.